The summed E-state index contributed by atoms with van der Waals surface area (Å²) in [6, 6.07) is 9.89. The molecule has 5 atom stereocenters. The number of para-hydroxylation sites is 1. The van der Waals surface area contributed by atoms with Crippen LogP contribution in [0.3, 0.4) is 0 Å². The van der Waals surface area contributed by atoms with Gasteiger partial charge in [-0.15, -0.1) is 0 Å². The van der Waals surface area contributed by atoms with Gasteiger partial charge in [0.05, 0.1) is 5.41 Å². The van der Waals surface area contributed by atoms with Crippen LogP contribution in [-0.4, -0.2) is 10.3 Å². The van der Waals surface area contributed by atoms with Crippen LogP contribution in [0.4, 0.5) is 0 Å². The van der Waals surface area contributed by atoms with Gasteiger partial charge < -0.3 is 9.15 Å². The molecule has 0 aliphatic heterocycles. The number of fused-ring (bicyclic) bond motifs is 1. The molecule has 2 unspecified atom stereocenters. The van der Waals surface area contributed by atoms with Crippen molar-refractivity contribution in [2.24, 2.45) is 17.3 Å². The van der Waals surface area contributed by atoms with Crippen molar-refractivity contribution in [2.75, 3.05) is 0 Å². The Kier molecular flexibility index (Phi) is 3.41. The van der Waals surface area contributed by atoms with E-state index in [1.54, 1.807) is 0 Å². The molecule has 0 radical (unpaired) electrons. The van der Waals surface area contributed by atoms with E-state index in [1.807, 2.05) is 37.3 Å². The third kappa shape index (κ3) is 2.56. The van der Waals surface area contributed by atoms with Crippen molar-refractivity contribution in [3.63, 3.8) is 0 Å². The molecule has 4 fully saturated rings. The summed E-state index contributed by atoms with van der Waals surface area (Å²) >= 11 is 3.97. The Morgan fingerprint density at radius 1 is 1.24 bits per heavy atom. The minimum Gasteiger partial charge on any atom is -0.457 e. The van der Waals surface area contributed by atoms with Crippen LogP contribution in [0.5, 0.6) is 0 Å². The number of carbonyl (C=O) groups is 1. The first-order valence-electron chi connectivity index (χ1n) is 9.33. The van der Waals surface area contributed by atoms with E-state index in [2.05, 4.69) is 15.9 Å². The molecule has 4 aliphatic carbocycles. The Hall–Kier alpha value is -1.29. The Labute approximate surface area is 156 Å². The quantitative estimate of drug-likeness (QED) is 0.482. The number of carbonyl (C=O) groups excluding carboxylic acids is 1. The number of ether oxygens (including phenoxy) is 1. The lowest BCUT2D eigenvalue weighted by Crippen LogP contribution is -2.56. The number of rotatable bonds is 3. The van der Waals surface area contributed by atoms with Crippen LogP contribution in [0.2, 0.25) is 0 Å². The molecule has 2 aromatic rings. The van der Waals surface area contributed by atoms with Crippen LogP contribution < -0.4 is 0 Å². The standard InChI is InChI=1S/C21H23BrO3/c1-13(18-7-16-4-2-3-5-17(16)25-18)24-19(23)20-8-14-6-15(9-20)11-21(22,10-14)12-20/h2-5,7,13-15H,6,8-12H2,1H3/t13-,14-,15+,20?,21?/m1/s1. The minimum atomic E-state index is -0.348. The third-order valence-electron chi connectivity index (χ3n) is 6.55. The number of furan rings is 1. The first-order valence-corrected chi connectivity index (χ1v) is 10.1. The maximum atomic E-state index is 13.2. The van der Waals surface area contributed by atoms with Gasteiger partial charge in [0.1, 0.15) is 11.3 Å². The lowest BCUT2D eigenvalue weighted by atomic mass is 9.49. The second-order valence-electron chi connectivity index (χ2n) is 8.63. The molecule has 4 bridgehead atoms. The molecule has 0 amide bonds. The van der Waals surface area contributed by atoms with Crippen LogP contribution >= 0.6 is 15.9 Å². The molecule has 1 aromatic heterocycles. The van der Waals surface area contributed by atoms with Gasteiger partial charge in [-0.25, -0.2) is 0 Å². The van der Waals surface area contributed by atoms with Crippen LogP contribution in [0.25, 0.3) is 11.0 Å². The largest absolute Gasteiger partial charge is 0.457 e. The summed E-state index contributed by atoms with van der Waals surface area (Å²) in [7, 11) is 0. The fourth-order valence-corrected chi connectivity index (χ4v) is 7.39. The number of hydrogen-bond acceptors (Lipinski definition) is 3. The maximum Gasteiger partial charge on any atom is 0.312 e. The average molecular weight is 403 g/mol. The lowest BCUT2D eigenvalue weighted by molar-refractivity contribution is -0.175. The molecule has 25 heavy (non-hydrogen) atoms. The molecule has 0 N–H and O–H groups in total. The van der Waals surface area contributed by atoms with E-state index >= 15 is 0 Å². The van der Waals surface area contributed by atoms with Crippen LogP contribution in [0.1, 0.15) is 57.3 Å². The molecule has 132 valence electrons. The van der Waals surface area contributed by atoms with Gasteiger partial charge in [0.15, 0.2) is 6.10 Å². The summed E-state index contributed by atoms with van der Waals surface area (Å²) in [6.07, 6.45) is 6.32. The Morgan fingerprint density at radius 2 is 1.96 bits per heavy atom. The predicted octanol–water partition coefficient (Wildman–Crippen LogP) is 5.77. The highest BCUT2D eigenvalue weighted by Gasteiger charge is 2.60. The zero-order valence-electron chi connectivity index (χ0n) is 14.5. The maximum absolute atomic E-state index is 13.2. The molecule has 4 aliphatic rings. The highest BCUT2D eigenvalue weighted by Crippen LogP contribution is 2.64. The highest BCUT2D eigenvalue weighted by atomic mass is 79.9. The lowest BCUT2D eigenvalue weighted by Gasteiger charge is -2.58. The molecule has 1 heterocycles. The molecule has 0 saturated heterocycles. The monoisotopic (exact) mass is 402 g/mol. The van der Waals surface area contributed by atoms with Gasteiger partial charge in [0.25, 0.3) is 0 Å². The normalized spacial score (nSPS) is 37.4. The number of benzene rings is 1. The number of alkyl halides is 1. The van der Waals surface area contributed by atoms with Crippen LogP contribution in [-0.2, 0) is 9.53 Å². The van der Waals surface area contributed by atoms with E-state index in [1.165, 1.54) is 19.3 Å². The first-order chi connectivity index (χ1) is 11.9. The Balaban J connectivity index is 1.38. The Bertz CT molecular complexity index is 792. The van der Waals surface area contributed by atoms with Gasteiger partial charge in [-0.05, 0) is 69.4 Å². The molecular weight excluding hydrogens is 380 g/mol. The van der Waals surface area contributed by atoms with E-state index in [9.17, 15) is 4.79 Å². The van der Waals surface area contributed by atoms with Crippen molar-refractivity contribution in [2.45, 2.75) is 55.9 Å². The van der Waals surface area contributed by atoms with Crippen LogP contribution in [0, 0.1) is 17.3 Å². The summed E-state index contributed by atoms with van der Waals surface area (Å²) in [5.74, 6) is 2.07. The molecule has 4 saturated carbocycles. The van der Waals surface area contributed by atoms with Gasteiger partial charge in [-0.3, -0.25) is 4.79 Å². The SMILES string of the molecule is C[C@@H](OC(=O)C12C[C@@H]3C[C@@H](CC(Br)(C3)C1)C2)c1cc2ccccc2o1. The highest BCUT2D eigenvalue weighted by molar-refractivity contribution is 9.10. The van der Waals surface area contributed by atoms with E-state index < -0.39 is 0 Å². The van der Waals surface area contributed by atoms with E-state index in [0.29, 0.717) is 11.8 Å². The van der Waals surface area contributed by atoms with Gasteiger partial charge in [-0.1, -0.05) is 34.1 Å². The first kappa shape index (κ1) is 15.9. The summed E-state index contributed by atoms with van der Waals surface area (Å²) in [6.45, 7) is 1.92. The van der Waals surface area contributed by atoms with Crippen molar-refractivity contribution in [3.8, 4) is 0 Å². The summed E-state index contributed by atoms with van der Waals surface area (Å²) < 4.78 is 12.0. The van der Waals surface area contributed by atoms with Gasteiger partial charge >= 0.3 is 5.97 Å². The topological polar surface area (TPSA) is 39.4 Å². The number of halogens is 1. The van der Waals surface area contributed by atoms with Crippen molar-refractivity contribution in [3.05, 3.63) is 36.1 Å². The molecule has 1 aromatic carbocycles. The van der Waals surface area contributed by atoms with Gasteiger partial charge in [-0.2, -0.15) is 0 Å². The van der Waals surface area contributed by atoms with Crippen molar-refractivity contribution in [1.29, 1.82) is 0 Å². The zero-order chi connectivity index (χ0) is 17.2. The molecule has 0 spiro atoms. The van der Waals surface area contributed by atoms with Crippen molar-refractivity contribution < 1.29 is 13.9 Å². The van der Waals surface area contributed by atoms with Crippen molar-refractivity contribution in [1.82, 2.24) is 0 Å². The molecule has 6 rings (SSSR count). The minimum absolute atomic E-state index is 0.0154. The van der Waals surface area contributed by atoms with Gasteiger partial charge in [0.2, 0.25) is 0 Å². The fourth-order valence-electron chi connectivity index (χ4n) is 5.94. The van der Waals surface area contributed by atoms with Crippen molar-refractivity contribution >= 4 is 32.9 Å². The summed E-state index contributed by atoms with van der Waals surface area (Å²) in [4.78, 5) is 13.2. The second-order valence-corrected chi connectivity index (χ2v) is 10.3. The van der Waals surface area contributed by atoms with E-state index in [4.69, 9.17) is 9.15 Å². The smallest absolute Gasteiger partial charge is 0.312 e. The predicted molar refractivity (Wildman–Crippen MR) is 99.5 cm³/mol. The number of esters is 1. The molecule has 3 nitrogen and oxygen atoms in total. The number of hydrogen-bond donors (Lipinski definition) is 0. The summed E-state index contributed by atoms with van der Waals surface area (Å²) in [5, 5.41) is 1.05. The van der Waals surface area contributed by atoms with Crippen LogP contribution in [0.15, 0.2) is 34.7 Å². The molecular formula is C21H23BrO3. The Morgan fingerprint density at radius 3 is 2.64 bits per heavy atom. The molecule has 4 heteroatoms. The second kappa shape index (κ2) is 5.35. The summed E-state index contributed by atoms with van der Waals surface area (Å²) in [5.41, 5.74) is 0.558. The average Bonchev–Trinajstić information content (AvgIpc) is 2.96. The van der Waals surface area contributed by atoms with Gasteiger partial charge in [0, 0.05) is 9.71 Å². The fraction of sp³-hybridized carbons (Fsp3) is 0.571. The van der Waals surface area contributed by atoms with E-state index in [0.717, 1.165) is 36.0 Å². The van der Waals surface area contributed by atoms with E-state index in [-0.39, 0.29) is 21.8 Å². The zero-order valence-corrected chi connectivity index (χ0v) is 16.1. The third-order valence-corrected chi connectivity index (χ3v) is 7.48.